The molecule has 1 unspecified atom stereocenters. The van der Waals surface area contributed by atoms with Gasteiger partial charge >= 0.3 is 0 Å². The first-order valence-electron chi connectivity index (χ1n) is 8.64. The highest BCUT2D eigenvalue weighted by atomic mass is 35.5. The van der Waals surface area contributed by atoms with Crippen LogP contribution in [-0.2, 0) is 21.1 Å². The van der Waals surface area contributed by atoms with Gasteiger partial charge in [0.2, 0.25) is 5.91 Å². The van der Waals surface area contributed by atoms with Crippen LogP contribution in [0, 0.1) is 0 Å². The standard InChI is InChI=1S/C20H23Cl2NO3S/c1-15(18-11-10-17(21)13-19(18)22)23(2)20(24)14-27(25,26)12-6-9-16-7-4-3-5-8-16/h3-5,7-8,10-11,13,15H,6,9,12,14H2,1-2H3. The van der Waals surface area contributed by atoms with Gasteiger partial charge in [0.1, 0.15) is 5.75 Å². The minimum Gasteiger partial charge on any atom is -0.338 e. The van der Waals surface area contributed by atoms with Gasteiger partial charge in [-0.1, -0.05) is 59.6 Å². The molecule has 0 bridgehead atoms. The lowest BCUT2D eigenvalue weighted by Gasteiger charge is -2.26. The Bertz CT molecular complexity index is 885. The molecule has 0 aromatic heterocycles. The fourth-order valence-corrected chi connectivity index (χ4v) is 4.64. The van der Waals surface area contributed by atoms with Crippen LogP contribution in [-0.4, -0.2) is 37.8 Å². The zero-order chi connectivity index (χ0) is 20.0. The third-order valence-electron chi connectivity index (χ3n) is 4.49. The van der Waals surface area contributed by atoms with E-state index in [4.69, 9.17) is 23.2 Å². The number of rotatable bonds is 8. The van der Waals surface area contributed by atoms with Gasteiger partial charge in [-0.05, 0) is 43.0 Å². The van der Waals surface area contributed by atoms with E-state index < -0.39 is 21.5 Å². The zero-order valence-corrected chi connectivity index (χ0v) is 17.7. The summed E-state index contributed by atoms with van der Waals surface area (Å²) in [6.45, 7) is 1.80. The Kier molecular flexibility index (Phi) is 7.71. The molecule has 0 N–H and O–H groups in total. The topological polar surface area (TPSA) is 54.5 Å². The van der Waals surface area contributed by atoms with Gasteiger partial charge < -0.3 is 4.90 Å². The maximum absolute atomic E-state index is 12.5. The van der Waals surface area contributed by atoms with E-state index >= 15 is 0 Å². The Labute approximate surface area is 171 Å². The lowest BCUT2D eigenvalue weighted by Crippen LogP contribution is -2.35. The number of nitrogens with zero attached hydrogens (tertiary/aromatic N) is 1. The second kappa shape index (κ2) is 9.58. The van der Waals surface area contributed by atoms with Crippen molar-refractivity contribution in [3.8, 4) is 0 Å². The molecule has 0 fully saturated rings. The molecule has 4 nitrogen and oxygen atoms in total. The summed E-state index contributed by atoms with van der Waals surface area (Å²) < 4.78 is 24.6. The smallest absolute Gasteiger partial charge is 0.238 e. The summed E-state index contributed by atoms with van der Waals surface area (Å²) in [6.07, 6.45) is 1.16. The summed E-state index contributed by atoms with van der Waals surface area (Å²) in [5.74, 6) is -0.973. The molecular formula is C20H23Cl2NO3S. The van der Waals surface area contributed by atoms with E-state index in [2.05, 4.69) is 0 Å². The van der Waals surface area contributed by atoms with E-state index in [0.717, 1.165) is 11.1 Å². The third kappa shape index (κ3) is 6.52. The number of aryl methyl sites for hydroxylation is 1. The van der Waals surface area contributed by atoms with Gasteiger partial charge in [0, 0.05) is 17.1 Å². The zero-order valence-electron chi connectivity index (χ0n) is 15.4. The number of benzene rings is 2. The summed E-state index contributed by atoms with van der Waals surface area (Å²) in [7, 11) is -1.89. The van der Waals surface area contributed by atoms with E-state index in [0.29, 0.717) is 22.9 Å². The first kappa shape index (κ1) is 21.7. The SMILES string of the molecule is CC(c1ccc(Cl)cc1Cl)N(C)C(=O)CS(=O)(=O)CCCc1ccccc1. The molecule has 0 radical (unpaired) electrons. The molecule has 1 atom stereocenters. The Balaban J connectivity index is 1.93. The molecule has 0 aliphatic rings. The van der Waals surface area contributed by atoms with Gasteiger partial charge in [0.25, 0.3) is 0 Å². The van der Waals surface area contributed by atoms with Crippen LogP contribution in [0.4, 0.5) is 0 Å². The van der Waals surface area contributed by atoms with Crippen molar-refractivity contribution in [1.82, 2.24) is 4.90 Å². The van der Waals surface area contributed by atoms with E-state index in [1.54, 1.807) is 32.2 Å². The molecular weight excluding hydrogens is 405 g/mol. The Hall–Kier alpha value is -1.56. The summed E-state index contributed by atoms with van der Waals surface area (Å²) in [6, 6.07) is 14.4. The highest BCUT2D eigenvalue weighted by Gasteiger charge is 2.24. The minimum atomic E-state index is -3.47. The molecule has 0 saturated heterocycles. The van der Waals surface area contributed by atoms with Crippen LogP contribution in [0.25, 0.3) is 0 Å². The molecule has 2 rings (SSSR count). The van der Waals surface area contributed by atoms with Crippen LogP contribution >= 0.6 is 23.2 Å². The van der Waals surface area contributed by atoms with Crippen LogP contribution in [0.1, 0.15) is 30.5 Å². The average molecular weight is 428 g/mol. The molecule has 146 valence electrons. The number of halogens is 2. The second-order valence-electron chi connectivity index (χ2n) is 6.53. The summed E-state index contributed by atoms with van der Waals surface area (Å²) >= 11 is 12.1. The maximum atomic E-state index is 12.5. The molecule has 0 aliphatic heterocycles. The summed E-state index contributed by atoms with van der Waals surface area (Å²) in [5.41, 5.74) is 1.81. The normalized spacial score (nSPS) is 12.6. The maximum Gasteiger partial charge on any atom is 0.238 e. The van der Waals surface area contributed by atoms with Crippen molar-refractivity contribution >= 4 is 38.9 Å². The van der Waals surface area contributed by atoms with Crippen molar-refractivity contribution in [2.45, 2.75) is 25.8 Å². The van der Waals surface area contributed by atoms with Crippen LogP contribution in [0.15, 0.2) is 48.5 Å². The van der Waals surface area contributed by atoms with Gasteiger partial charge in [0.05, 0.1) is 11.8 Å². The Morgan fingerprint density at radius 2 is 1.78 bits per heavy atom. The van der Waals surface area contributed by atoms with Crippen molar-refractivity contribution in [3.63, 3.8) is 0 Å². The van der Waals surface area contributed by atoms with Crippen molar-refractivity contribution in [2.24, 2.45) is 0 Å². The fraction of sp³-hybridized carbons (Fsp3) is 0.350. The number of sulfone groups is 1. The first-order valence-corrected chi connectivity index (χ1v) is 11.2. The largest absolute Gasteiger partial charge is 0.338 e. The van der Waals surface area contributed by atoms with Gasteiger partial charge in [-0.15, -0.1) is 0 Å². The highest BCUT2D eigenvalue weighted by Crippen LogP contribution is 2.29. The van der Waals surface area contributed by atoms with Crippen LogP contribution in [0.3, 0.4) is 0 Å². The van der Waals surface area contributed by atoms with Crippen molar-refractivity contribution in [3.05, 3.63) is 69.7 Å². The van der Waals surface area contributed by atoms with Crippen molar-refractivity contribution in [2.75, 3.05) is 18.6 Å². The third-order valence-corrected chi connectivity index (χ3v) is 6.65. The molecule has 2 aromatic carbocycles. The van der Waals surface area contributed by atoms with Gasteiger partial charge in [-0.25, -0.2) is 8.42 Å². The number of hydrogen-bond acceptors (Lipinski definition) is 3. The lowest BCUT2D eigenvalue weighted by atomic mass is 10.1. The van der Waals surface area contributed by atoms with Crippen LogP contribution < -0.4 is 0 Å². The molecule has 0 spiro atoms. The molecule has 1 amide bonds. The van der Waals surface area contributed by atoms with Crippen LogP contribution in [0.5, 0.6) is 0 Å². The Morgan fingerprint density at radius 3 is 2.41 bits per heavy atom. The lowest BCUT2D eigenvalue weighted by molar-refractivity contribution is -0.129. The van der Waals surface area contributed by atoms with E-state index in [-0.39, 0.29) is 11.8 Å². The predicted molar refractivity (Wildman–Crippen MR) is 111 cm³/mol. The van der Waals surface area contributed by atoms with Gasteiger partial charge in [-0.3, -0.25) is 4.79 Å². The molecule has 0 saturated carbocycles. The molecule has 7 heteroatoms. The van der Waals surface area contributed by atoms with E-state index in [9.17, 15) is 13.2 Å². The van der Waals surface area contributed by atoms with E-state index in [1.807, 2.05) is 30.3 Å². The van der Waals surface area contributed by atoms with Crippen LogP contribution in [0.2, 0.25) is 10.0 Å². The minimum absolute atomic E-state index is 0.0163. The molecule has 0 heterocycles. The molecule has 27 heavy (non-hydrogen) atoms. The molecule has 2 aromatic rings. The monoisotopic (exact) mass is 427 g/mol. The predicted octanol–water partition coefficient (Wildman–Crippen LogP) is 4.56. The molecule has 0 aliphatic carbocycles. The number of carbonyl (C=O) groups is 1. The quantitative estimate of drug-likeness (QED) is 0.620. The number of amides is 1. The second-order valence-corrected chi connectivity index (χ2v) is 9.56. The van der Waals surface area contributed by atoms with Gasteiger partial charge in [-0.2, -0.15) is 0 Å². The average Bonchev–Trinajstić information content (AvgIpc) is 2.61. The summed E-state index contributed by atoms with van der Waals surface area (Å²) in [5, 5.41) is 0.950. The van der Waals surface area contributed by atoms with E-state index in [1.165, 1.54) is 4.90 Å². The van der Waals surface area contributed by atoms with Crippen molar-refractivity contribution in [1.29, 1.82) is 0 Å². The fourth-order valence-electron chi connectivity index (χ4n) is 2.77. The van der Waals surface area contributed by atoms with Gasteiger partial charge in [0.15, 0.2) is 9.84 Å². The van der Waals surface area contributed by atoms with Crippen molar-refractivity contribution < 1.29 is 13.2 Å². The summed E-state index contributed by atoms with van der Waals surface area (Å²) in [4.78, 5) is 13.9. The number of hydrogen-bond donors (Lipinski definition) is 0. The Morgan fingerprint density at radius 1 is 1.11 bits per heavy atom. The first-order chi connectivity index (χ1) is 12.7. The number of carbonyl (C=O) groups excluding carboxylic acids is 1. The highest BCUT2D eigenvalue weighted by molar-refractivity contribution is 7.92.